The van der Waals surface area contributed by atoms with Crippen LogP contribution in [0.1, 0.15) is 26.3 Å². The number of rotatable bonds is 5. The van der Waals surface area contributed by atoms with Gasteiger partial charge in [0.1, 0.15) is 24.0 Å². The molecule has 1 atom stereocenters. The molecule has 130 valence electrons. The Kier molecular flexibility index (Phi) is 4.94. The lowest BCUT2D eigenvalue weighted by molar-refractivity contribution is -0.138. The summed E-state index contributed by atoms with van der Waals surface area (Å²) in [5.74, 6) is -0.428. The van der Waals surface area contributed by atoms with Crippen molar-refractivity contribution in [3.8, 4) is 5.75 Å². The zero-order valence-corrected chi connectivity index (χ0v) is 14.3. The standard InChI is InChI=1S/C17H22N2O5/c1-11-6-5-7-14(8-11)24-10-13(21)9-18-15(22)17(3,4)19(12(2)20)16(18)23/h5-8,13,21H,9-10H2,1-4H3/t13-/m0/s1. The molecule has 1 N–H and O–H groups in total. The van der Waals surface area contributed by atoms with Gasteiger partial charge in [-0.3, -0.25) is 14.5 Å². The number of imide groups is 2. The molecule has 0 aliphatic carbocycles. The van der Waals surface area contributed by atoms with Crippen LogP contribution in [0, 0.1) is 6.92 Å². The van der Waals surface area contributed by atoms with Gasteiger partial charge in [-0.05, 0) is 38.5 Å². The van der Waals surface area contributed by atoms with Crippen molar-refractivity contribution in [3.63, 3.8) is 0 Å². The quantitative estimate of drug-likeness (QED) is 0.821. The van der Waals surface area contributed by atoms with E-state index in [9.17, 15) is 19.5 Å². The molecule has 0 spiro atoms. The average molecular weight is 334 g/mol. The van der Waals surface area contributed by atoms with Gasteiger partial charge in [0.05, 0.1) is 6.54 Å². The maximum Gasteiger partial charge on any atom is 0.334 e. The predicted molar refractivity (Wildman–Crippen MR) is 86.4 cm³/mol. The number of urea groups is 1. The second kappa shape index (κ2) is 6.60. The molecule has 24 heavy (non-hydrogen) atoms. The first-order valence-corrected chi connectivity index (χ1v) is 7.69. The number of carbonyl (C=O) groups excluding carboxylic acids is 3. The van der Waals surface area contributed by atoms with Crippen molar-refractivity contribution in [1.82, 2.24) is 9.80 Å². The van der Waals surface area contributed by atoms with E-state index in [2.05, 4.69) is 0 Å². The lowest BCUT2D eigenvalue weighted by Crippen LogP contribution is -2.46. The Hall–Kier alpha value is -2.41. The van der Waals surface area contributed by atoms with Crippen LogP contribution < -0.4 is 4.74 Å². The molecule has 4 amide bonds. The van der Waals surface area contributed by atoms with E-state index >= 15 is 0 Å². The summed E-state index contributed by atoms with van der Waals surface area (Å²) in [7, 11) is 0. The molecule has 1 saturated heterocycles. The molecule has 1 heterocycles. The smallest absolute Gasteiger partial charge is 0.334 e. The highest BCUT2D eigenvalue weighted by molar-refractivity contribution is 6.13. The molecule has 0 bridgehead atoms. The first-order valence-electron chi connectivity index (χ1n) is 7.69. The minimum Gasteiger partial charge on any atom is -0.491 e. The zero-order chi connectivity index (χ0) is 18.1. The maximum absolute atomic E-state index is 12.4. The van der Waals surface area contributed by atoms with Gasteiger partial charge in [0.2, 0.25) is 5.91 Å². The van der Waals surface area contributed by atoms with Crippen molar-refractivity contribution in [2.45, 2.75) is 39.3 Å². The van der Waals surface area contributed by atoms with Crippen LogP contribution in [0.4, 0.5) is 4.79 Å². The number of aliphatic hydroxyl groups is 1. The lowest BCUT2D eigenvalue weighted by atomic mass is 10.0. The average Bonchev–Trinajstić information content (AvgIpc) is 2.65. The number of aryl methyl sites for hydroxylation is 1. The first kappa shape index (κ1) is 17.9. The Morgan fingerprint density at radius 3 is 2.54 bits per heavy atom. The Bertz CT molecular complexity index is 671. The van der Waals surface area contributed by atoms with Gasteiger partial charge in [-0.1, -0.05) is 12.1 Å². The summed E-state index contributed by atoms with van der Waals surface area (Å²) in [5.41, 5.74) is -0.231. The number of nitrogens with zero attached hydrogens (tertiary/aromatic N) is 2. The van der Waals surface area contributed by atoms with E-state index in [4.69, 9.17) is 4.74 Å². The zero-order valence-electron chi connectivity index (χ0n) is 14.3. The van der Waals surface area contributed by atoms with Gasteiger partial charge in [0, 0.05) is 6.92 Å². The summed E-state index contributed by atoms with van der Waals surface area (Å²) in [5, 5.41) is 10.1. The van der Waals surface area contributed by atoms with Crippen LogP contribution in [0.2, 0.25) is 0 Å². The van der Waals surface area contributed by atoms with Gasteiger partial charge < -0.3 is 9.84 Å². The van der Waals surface area contributed by atoms with Crippen LogP contribution in [0.3, 0.4) is 0 Å². The number of ether oxygens (including phenoxy) is 1. The molecule has 7 heteroatoms. The van der Waals surface area contributed by atoms with E-state index in [1.807, 2.05) is 25.1 Å². The molecule has 1 aliphatic rings. The molecule has 7 nitrogen and oxygen atoms in total. The topological polar surface area (TPSA) is 87.2 Å². The van der Waals surface area contributed by atoms with Crippen LogP contribution in [0.5, 0.6) is 5.75 Å². The number of aliphatic hydroxyl groups excluding tert-OH is 1. The highest BCUT2D eigenvalue weighted by atomic mass is 16.5. The molecule has 2 rings (SSSR count). The monoisotopic (exact) mass is 334 g/mol. The van der Waals surface area contributed by atoms with E-state index in [1.165, 1.54) is 20.8 Å². The van der Waals surface area contributed by atoms with E-state index < -0.39 is 29.5 Å². The fourth-order valence-electron chi connectivity index (χ4n) is 2.72. The molecule has 0 unspecified atom stereocenters. The largest absolute Gasteiger partial charge is 0.491 e. The van der Waals surface area contributed by atoms with E-state index in [1.54, 1.807) is 6.07 Å². The summed E-state index contributed by atoms with van der Waals surface area (Å²) in [6, 6.07) is 6.61. The van der Waals surface area contributed by atoms with Crippen LogP contribution in [-0.2, 0) is 9.59 Å². The summed E-state index contributed by atoms with van der Waals surface area (Å²) in [6.07, 6.45) is -1.05. The van der Waals surface area contributed by atoms with Gasteiger partial charge in [-0.2, -0.15) is 0 Å². The lowest BCUT2D eigenvalue weighted by Gasteiger charge is -2.24. The molecule has 0 radical (unpaired) electrons. The molecule has 1 aromatic carbocycles. The molecule has 1 fully saturated rings. The summed E-state index contributed by atoms with van der Waals surface area (Å²) >= 11 is 0. The van der Waals surface area contributed by atoms with Crippen molar-refractivity contribution in [1.29, 1.82) is 0 Å². The molecular formula is C17H22N2O5. The van der Waals surface area contributed by atoms with Gasteiger partial charge in [-0.15, -0.1) is 0 Å². The van der Waals surface area contributed by atoms with Gasteiger partial charge in [0.25, 0.3) is 5.91 Å². The fourth-order valence-corrected chi connectivity index (χ4v) is 2.72. The van der Waals surface area contributed by atoms with Crippen molar-refractivity contribution in [3.05, 3.63) is 29.8 Å². The van der Waals surface area contributed by atoms with Crippen LogP contribution in [-0.4, -0.2) is 57.5 Å². The molecule has 1 aromatic rings. The highest BCUT2D eigenvalue weighted by Crippen LogP contribution is 2.27. The number of amides is 4. The predicted octanol–water partition coefficient (Wildman–Crippen LogP) is 1.32. The van der Waals surface area contributed by atoms with Gasteiger partial charge >= 0.3 is 6.03 Å². The normalized spacial score (nSPS) is 18.0. The molecule has 0 saturated carbocycles. The second-order valence-electron chi connectivity index (χ2n) is 6.39. The van der Waals surface area contributed by atoms with E-state index in [0.717, 1.165) is 15.4 Å². The Morgan fingerprint density at radius 1 is 1.33 bits per heavy atom. The Labute approximate surface area is 140 Å². The highest BCUT2D eigenvalue weighted by Gasteiger charge is 2.53. The minimum absolute atomic E-state index is 0.0684. The number of carbonyl (C=O) groups is 3. The van der Waals surface area contributed by atoms with Crippen molar-refractivity contribution < 1.29 is 24.2 Å². The molecule has 1 aliphatic heterocycles. The van der Waals surface area contributed by atoms with Crippen LogP contribution in [0.25, 0.3) is 0 Å². The Morgan fingerprint density at radius 2 is 2.00 bits per heavy atom. The van der Waals surface area contributed by atoms with E-state index in [-0.39, 0.29) is 13.2 Å². The number of hydrogen-bond acceptors (Lipinski definition) is 5. The fraction of sp³-hybridized carbons (Fsp3) is 0.471. The van der Waals surface area contributed by atoms with Crippen molar-refractivity contribution >= 4 is 17.8 Å². The number of β-amino-alcohol motifs (C(OH)–C–C–N with tert-alkyl or cyclic N) is 1. The first-order chi connectivity index (χ1) is 11.1. The van der Waals surface area contributed by atoms with Crippen molar-refractivity contribution in [2.24, 2.45) is 0 Å². The third-order valence-electron chi connectivity index (χ3n) is 3.89. The van der Waals surface area contributed by atoms with Crippen LogP contribution >= 0.6 is 0 Å². The third-order valence-corrected chi connectivity index (χ3v) is 3.89. The van der Waals surface area contributed by atoms with Gasteiger partial charge in [0.15, 0.2) is 0 Å². The molecular weight excluding hydrogens is 312 g/mol. The SMILES string of the molecule is CC(=O)N1C(=O)N(C[C@H](O)COc2cccc(C)c2)C(=O)C1(C)C. The second-order valence-corrected chi connectivity index (χ2v) is 6.39. The summed E-state index contributed by atoms with van der Waals surface area (Å²) in [4.78, 5) is 38.1. The Balaban J connectivity index is 2.01. The summed E-state index contributed by atoms with van der Waals surface area (Å²) < 4.78 is 5.48. The maximum atomic E-state index is 12.4. The number of hydrogen-bond donors (Lipinski definition) is 1. The summed E-state index contributed by atoms with van der Waals surface area (Å²) in [6.45, 7) is 5.86. The number of benzene rings is 1. The van der Waals surface area contributed by atoms with Gasteiger partial charge in [-0.25, -0.2) is 9.69 Å². The minimum atomic E-state index is -1.25. The van der Waals surface area contributed by atoms with E-state index in [0.29, 0.717) is 5.75 Å². The molecule has 0 aromatic heterocycles. The van der Waals surface area contributed by atoms with Crippen molar-refractivity contribution in [2.75, 3.05) is 13.2 Å². The van der Waals surface area contributed by atoms with Crippen LogP contribution in [0.15, 0.2) is 24.3 Å². The third kappa shape index (κ3) is 3.41.